The molecule has 2 aliphatic heterocycles. The van der Waals surface area contributed by atoms with E-state index in [9.17, 15) is 0 Å². The van der Waals surface area contributed by atoms with E-state index in [2.05, 4.69) is 37.1 Å². The molecule has 2 aromatic heterocycles. The lowest BCUT2D eigenvalue weighted by molar-refractivity contribution is 0.0974. The first kappa shape index (κ1) is 15.4. The summed E-state index contributed by atoms with van der Waals surface area (Å²) in [5.41, 5.74) is 8.41. The van der Waals surface area contributed by atoms with Gasteiger partial charge >= 0.3 is 0 Å². The van der Waals surface area contributed by atoms with E-state index in [-0.39, 0.29) is 17.6 Å². The van der Waals surface area contributed by atoms with Crippen molar-refractivity contribution >= 4 is 27.4 Å². The third-order valence-corrected chi connectivity index (χ3v) is 6.49. The highest BCUT2D eigenvalue weighted by Gasteiger charge is 2.47. The van der Waals surface area contributed by atoms with Crippen LogP contribution in [-0.4, -0.2) is 46.2 Å². The van der Waals surface area contributed by atoms with E-state index in [1.807, 2.05) is 19.3 Å². The number of piperidine rings is 1. The molecule has 0 bridgehead atoms. The van der Waals surface area contributed by atoms with E-state index in [0.29, 0.717) is 0 Å². The first-order valence-corrected chi connectivity index (χ1v) is 8.92. The van der Waals surface area contributed by atoms with E-state index < -0.39 is 0 Å². The minimum atomic E-state index is 0.131. The van der Waals surface area contributed by atoms with Gasteiger partial charge in [0.15, 0.2) is 11.5 Å². The highest BCUT2D eigenvalue weighted by Crippen LogP contribution is 2.42. The van der Waals surface area contributed by atoms with Crippen LogP contribution in [0.3, 0.4) is 0 Å². The molecule has 0 aromatic carbocycles. The molecule has 2 atom stereocenters. The first-order valence-electron chi connectivity index (χ1n) is 8.13. The fraction of sp³-hybridized carbons (Fsp3) is 0.625. The van der Waals surface area contributed by atoms with Gasteiger partial charge in [-0.1, -0.05) is 0 Å². The van der Waals surface area contributed by atoms with Crippen molar-refractivity contribution < 1.29 is 4.74 Å². The maximum atomic E-state index is 6.41. The molecular weight excluding hydrogens is 358 g/mol. The second-order valence-corrected chi connectivity index (χ2v) is 7.57. The molecule has 0 saturated carbocycles. The Labute approximate surface area is 144 Å². The molecule has 23 heavy (non-hydrogen) atoms. The van der Waals surface area contributed by atoms with Crippen LogP contribution in [-0.2, 0) is 4.74 Å². The van der Waals surface area contributed by atoms with Gasteiger partial charge in [-0.05, 0) is 42.6 Å². The average Bonchev–Trinajstić information content (AvgIpc) is 3.14. The topological polar surface area (TPSA) is 68.7 Å². The summed E-state index contributed by atoms with van der Waals surface area (Å²) in [5.74, 6) is 0.964. The van der Waals surface area contributed by atoms with Gasteiger partial charge in [0.1, 0.15) is 4.60 Å². The van der Waals surface area contributed by atoms with Crippen molar-refractivity contribution in [1.82, 2.24) is 14.4 Å². The van der Waals surface area contributed by atoms with Crippen LogP contribution < -0.4 is 10.6 Å². The highest BCUT2D eigenvalue weighted by molar-refractivity contribution is 9.10. The van der Waals surface area contributed by atoms with Gasteiger partial charge in [-0.25, -0.2) is 9.97 Å². The van der Waals surface area contributed by atoms with E-state index in [1.165, 1.54) is 0 Å². The van der Waals surface area contributed by atoms with Crippen molar-refractivity contribution in [2.45, 2.75) is 38.8 Å². The first-order chi connectivity index (χ1) is 11.0. The van der Waals surface area contributed by atoms with E-state index >= 15 is 0 Å². The Morgan fingerprint density at radius 3 is 2.78 bits per heavy atom. The normalized spacial score (nSPS) is 27.2. The van der Waals surface area contributed by atoms with Crippen molar-refractivity contribution in [3.8, 4) is 0 Å². The molecule has 124 valence electrons. The fourth-order valence-corrected chi connectivity index (χ4v) is 4.28. The lowest BCUT2D eigenvalue weighted by Crippen LogP contribution is -2.50. The Balaban J connectivity index is 1.62. The lowest BCUT2D eigenvalue weighted by Gasteiger charge is -2.41. The lowest BCUT2D eigenvalue weighted by atomic mass is 9.73. The van der Waals surface area contributed by atoms with Gasteiger partial charge < -0.3 is 15.4 Å². The number of aromatic nitrogens is 3. The van der Waals surface area contributed by atoms with Gasteiger partial charge in [-0.2, -0.15) is 0 Å². The zero-order valence-corrected chi connectivity index (χ0v) is 15.1. The Kier molecular flexibility index (Phi) is 3.62. The van der Waals surface area contributed by atoms with Crippen LogP contribution in [0.2, 0.25) is 0 Å². The van der Waals surface area contributed by atoms with Crippen molar-refractivity contribution in [1.29, 1.82) is 0 Å². The minimum Gasteiger partial charge on any atom is -0.376 e. The number of ether oxygens (including phenoxy) is 1. The molecule has 4 rings (SSSR count). The van der Waals surface area contributed by atoms with Crippen molar-refractivity contribution in [2.75, 3.05) is 24.6 Å². The largest absolute Gasteiger partial charge is 0.376 e. The van der Waals surface area contributed by atoms with Crippen LogP contribution >= 0.6 is 15.9 Å². The molecule has 0 aliphatic carbocycles. The molecule has 0 radical (unpaired) electrons. The zero-order valence-electron chi connectivity index (χ0n) is 13.5. The number of nitrogens with two attached hydrogens (primary N) is 1. The van der Waals surface area contributed by atoms with Gasteiger partial charge in [0, 0.05) is 36.9 Å². The number of anilines is 1. The maximum Gasteiger partial charge on any atom is 0.181 e. The summed E-state index contributed by atoms with van der Waals surface area (Å²) < 4.78 is 8.82. The molecule has 2 fully saturated rings. The summed E-state index contributed by atoms with van der Waals surface area (Å²) >= 11 is 3.59. The van der Waals surface area contributed by atoms with Crippen LogP contribution in [0, 0.1) is 12.3 Å². The molecule has 7 heteroatoms. The second-order valence-electron chi connectivity index (χ2n) is 6.82. The van der Waals surface area contributed by atoms with Crippen LogP contribution in [0.25, 0.3) is 5.65 Å². The van der Waals surface area contributed by atoms with Crippen molar-refractivity contribution in [3.05, 3.63) is 22.7 Å². The number of rotatable bonds is 1. The number of nitrogens with zero attached hydrogens (tertiary/aromatic N) is 4. The van der Waals surface area contributed by atoms with E-state index in [0.717, 1.165) is 54.3 Å². The van der Waals surface area contributed by atoms with Gasteiger partial charge in [-0.15, -0.1) is 0 Å². The Bertz CT molecular complexity index is 737. The second kappa shape index (κ2) is 5.43. The van der Waals surface area contributed by atoms with E-state index in [4.69, 9.17) is 15.5 Å². The van der Waals surface area contributed by atoms with Gasteiger partial charge in [0.05, 0.1) is 18.4 Å². The smallest absolute Gasteiger partial charge is 0.181 e. The van der Waals surface area contributed by atoms with Crippen molar-refractivity contribution in [3.63, 3.8) is 0 Å². The highest BCUT2D eigenvalue weighted by atomic mass is 79.9. The molecular formula is C16H22BrN5O. The molecule has 2 saturated heterocycles. The van der Waals surface area contributed by atoms with Gasteiger partial charge in [0.2, 0.25) is 0 Å². The Hall–Kier alpha value is -1.18. The number of hydrogen-bond acceptors (Lipinski definition) is 5. The predicted molar refractivity (Wildman–Crippen MR) is 92.7 cm³/mol. The fourth-order valence-electron chi connectivity index (χ4n) is 3.91. The Morgan fingerprint density at radius 2 is 2.13 bits per heavy atom. The summed E-state index contributed by atoms with van der Waals surface area (Å²) in [6.07, 6.45) is 6.03. The molecule has 6 nitrogen and oxygen atoms in total. The summed E-state index contributed by atoms with van der Waals surface area (Å²) in [6, 6.07) is 0.135. The monoisotopic (exact) mass is 379 g/mol. The number of halogens is 1. The molecule has 2 aliphatic rings. The zero-order chi connectivity index (χ0) is 16.2. The molecule has 0 amide bonds. The number of hydrogen-bond donors (Lipinski definition) is 1. The van der Waals surface area contributed by atoms with Crippen LogP contribution in [0.4, 0.5) is 5.82 Å². The predicted octanol–water partition coefficient (Wildman–Crippen LogP) is 2.13. The summed E-state index contributed by atoms with van der Waals surface area (Å²) in [4.78, 5) is 11.6. The summed E-state index contributed by atoms with van der Waals surface area (Å²) in [6.45, 7) is 6.77. The quantitative estimate of drug-likeness (QED) is 0.821. The summed E-state index contributed by atoms with van der Waals surface area (Å²) in [7, 11) is 0. The van der Waals surface area contributed by atoms with Gasteiger partial charge in [-0.3, -0.25) is 4.40 Å². The number of fused-ring (bicyclic) bond motifs is 1. The standard InChI is InChI=1S/C16H22BrN5O/c1-10-13(17)22-8-5-19-14(22)15(20-10)21-6-3-16(4-7-21)9-23-11(2)12(16)18/h5,8,11-12H,3-4,6-7,9,18H2,1-2H3/t11-,12+/m0/s1. The molecule has 2 aromatic rings. The average molecular weight is 380 g/mol. The number of imidazole rings is 1. The SMILES string of the molecule is Cc1nc(N2CCC3(CC2)CO[C@@H](C)[C@H]3N)c2nccn2c1Br. The Morgan fingerprint density at radius 1 is 1.39 bits per heavy atom. The van der Waals surface area contributed by atoms with Gasteiger partial charge in [0.25, 0.3) is 0 Å². The molecule has 0 unspecified atom stereocenters. The third kappa shape index (κ3) is 2.28. The molecule has 4 heterocycles. The molecule has 2 N–H and O–H groups in total. The summed E-state index contributed by atoms with van der Waals surface area (Å²) in [5, 5.41) is 0. The third-order valence-electron chi connectivity index (χ3n) is 5.53. The van der Waals surface area contributed by atoms with E-state index in [1.54, 1.807) is 0 Å². The molecule has 1 spiro atoms. The number of aryl methyl sites for hydroxylation is 1. The minimum absolute atomic E-state index is 0.131. The van der Waals surface area contributed by atoms with Crippen LogP contribution in [0.15, 0.2) is 17.0 Å². The van der Waals surface area contributed by atoms with Crippen LogP contribution in [0.1, 0.15) is 25.5 Å². The van der Waals surface area contributed by atoms with Crippen LogP contribution in [0.5, 0.6) is 0 Å². The van der Waals surface area contributed by atoms with Crippen molar-refractivity contribution in [2.24, 2.45) is 11.1 Å². The maximum absolute atomic E-state index is 6.41.